The van der Waals surface area contributed by atoms with Crippen molar-refractivity contribution in [1.82, 2.24) is 5.32 Å². The first-order valence-electron chi connectivity index (χ1n) is 5.90. The van der Waals surface area contributed by atoms with E-state index in [1.165, 1.54) is 25.3 Å². The van der Waals surface area contributed by atoms with Crippen LogP contribution in [0, 0.1) is 11.7 Å². The maximum Gasteiger partial charge on any atom is 0.251 e. The Hall–Kier alpha value is -1.62. The summed E-state index contributed by atoms with van der Waals surface area (Å²) >= 11 is 0. The van der Waals surface area contributed by atoms with Crippen molar-refractivity contribution in [3.8, 4) is 5.75 Å². The van der Waals surface area contributed by atoms with Crippen LogP contribution in [0.4, 0.5) is 4.39 Å². The van der Waals surface area contributed by atoms with E-state index in [0.717, 1.165) is 13.0 Å². The van der Waals surface area contributed by atoms with E-state index < -0.39 is 5.82 Å². The van der Waals surface area contributed by atoms with Crippen molar-refractivity contribution >= 4 is 5.91 Å². The molecule has 1 aliphatic heterocycles. The normalized spacial score (nSPS) is 18.7. The number of nitrogens with one attached hydrogen (secondary N) is 1. The molecule has 1 aromatic carbocycles. The summed E-state index contributed by atoms with van der Waals surface area (Å²) in [4.78, 5) is 11.9. The first-order valence-corrected chi connectivity index (χ1v) is 5.90. The molecule has 0 bridgehead atoms. The third-order valence-corrected chi connectivity index (χ3v) is 2.99. The van der Waals surface area contributed by atoms with Crippen LogP contribution in [0.5, 0.6) is 5.75 Å². The summed E-state index contributed by atoms with van der Waals surface area (Å²) < 4.78 is 23.3. The molecule has 1 aliphatic rings. The largest absolute Gasteiger partial charge is 0.494 e. The highest BCUT2D eigenvalue weighted by molar-refractivity contribution is 5.94. The zero-order valence-electron chi connectivity index (χ0n) is 10.2. The van der Waals surface area contributed by atoms with E-state index in [0.29, 0.717) is 24.6 Å². The number of halogens is 1. The van der Waals surface area contributed by atoms with Crippen molar-refractivity contribution in [2.24, 2.45) is 5.92 Å². The average Bonchev–Trinajstić information content (AvgIpc) is 2.89. The Labute approximate surface area is 105 Å². The van der Waals surface area contributed by atoms with Gasteiger partial charge in [0.1, 0.15) is 0 Å². The van der Waals surface area contributed by atoms with E-state index >= 15 is 0 Å². The number of rotatable bonds is 4. The third-order valence-electron chi connectivity index (χ3n) is 2.99. The average molecular weight is 253 g/mol. The first kappa shape index (κ1) is 12.8. The predicted molar refractivity (Wildman–Crippen MR) is 64.2 cm³/mol. The van der Waals surface area contributed by atoms with Crippen LogP contribution in [0.25, 0.3) is 0 Å². The maximum absolute atomic E-state index is 13.2. The van der Waals surface area contributed by atoms with Crippen molar-refractivity contribution < 1.29 is 18.7 Å². The number of carbonyl (C=O) groups is 1. The van der Waals surface area contributed by atoms with E-state index in [4.69, 9.17) is 9.47 Å². The van der Waals surface area contributed by atoms with Crippen molar-refractivity contribution in [2.75, 3.05) is 26.9 Å². The van der Waals surface area contributed by atoms with Gasteiger partial charge in [-0.2, -0.15) is 0 Å². The topological polar surface area (TPSA) is 47.6 Å². The number of amides is 1. The Balaban J connectivity index is 1.95. The van der Waals surface area contributed by atoms with Crippen LogP contribution in [-0.2, 0) is 4.74 Å². The van der Waals surface area contributed by atoms with Gasteiger partial charge in [0.2, 0.25) is 0 Å². The van der Waals surface area contributed by atoms with E-state index in [2.05, 4.69) is 5.32 Å². The second kappa shape index (κ2) is 5.82. The van der Waals surface area contributed by atoms with Gasteiger partial charge in [-0.15, -0.1) is 0 Å². The van der Waals surface area contributed by atoms with Crippen molar-refractivity contribution in [3.63, 3.8) is 0 Å². The third kappa shape index (κ3) is 2.98. The number of ether oxygens (including phenoxy) is 2. The monoisotopic (exact) mass is 253 g/mol. The highest BCUT2D eigenvalue weighted by Gasteiger charge is 2.17. The fourth-order valence-corrected chi connectivity index (χ4v) is 1.88. The second-order valence-corrected chi connectivity index (χ2v) is 4.29. The Kier molecular flexibility index (Phi) is 4.15. The van der Waals surface area contributed by atoms with Crippen molar-refractivity contribution in [1.29, 1.82) is 0 Å². The molecule has 1 saturated heterocycles. The summed E-state index contributed by atoms with van der Waals surface area (Å²) in [6.45, 7) is 2.02. The predicted octanol–water partition coefficient (Wildman–Crippen LogP) is 1.60. The molecule has 1 heterocycles. The summed E-state index contributed by atoms with van der Waals surface area (Å²) in [5, 5.41) is 2.81. The van der Waals surface area contributed by atoms with Gasteiger partial charge in [0.15, 0.2) is 11.6 Å². The van der Waals surface area contributed by atoms with Crippen LogP contribution >= 0.6 is 0 Å². The molecular formula is C13H16FNO3. The van der Waals surface area contributed by atoms with E-state index in [9.17, 15) is 9.18 Å². The lowest BCUT2D eigenvalue weighted by atomic mass is 10.1. The van der Waals surface area contributed by atoms with Gasteiger partial charge in [-0.1, -0.05) is 0 Å². The van der Waals surface area contributed by atoms with Gasteiger partial charge < -0.3 is 14.8 Å². The molecule has 1 aromatic rings. The molecule has 0 radical (unpaired) electrons. The zero-order valence-corrected chi connectivity index (χ0v) is 10.2. The molecular weight excluding hydrogens is 237 g/mol. The van der Waals surface area contributed by atoms with Crippen LogP contribution in [0.3, 0.4) is 0 Å². The molecule has 98 valence electrons. The van der Waals surface area contributed by atoms with Crippen LogP contribution in [0.15, 0.2) is 18.2 Å². The van der Waals surface area contributed by atoms with Gasteiger partial charge >= 0.3 is 0 Å². The number of carbonyl (C=O) groups excluding carboxylic acids is 1. The summed E-state index contributed by atoms with van der Waals surface area (Å²) in [5.41, 5.74) is 0.396. The van der Waals surface area contributed by atoms with Gasteiger partial charge in [-0.05, 0) is 24.6 Å². The van der Waals surface area contributed by atoms with Gasteiger partial charge in [-0.3, -0.25) is 4.79 Å². The minimum absolute atomic E-state index is 0.0758. The van der Waals surface area contributed by atoms with Crippen molar-refractivity contribution in [3.05, 3.63) is 29.6 Å². The van der Waals surface area contributed by atoms with Crippen LogP contribution in [0.2, 0.25) is 0 Å². The molecule has 1 amide bonds. The molecule has 5 heteroatoms. The summed E-state index contributed by atoms with van der Waals surface area (Å²) in [6.07, 6.45) is 0.965. The van der Waals surface area contributed by atoms with E-state index in [1.807, 2.05) is 0 Å². The van der Waals surface area contributed by atoms with Gasteiger partial charge in [-0.25, -0.2) is 4.39 Å². The number of hydrogen-bond donors (Lipinski definition) is 1. The lowest BCUT2D eigenvalue weighted by Crippen LogP contribution is -2.29. The fraction of sp³-hybridized carbons (Fsp3) is 0.462. The highest BCUT2D eigenvalue weighted by Crippen LogP contribution is 2.18. The Bertz CT molecular complexity index is 430. The molecule has 0 aliphatic carbocycles. The van der Waals surface area contributed by atoms with Gasteiger partial charge in [0.25, 0.3) is 5.91 Å². The van der Waals surface area contributed by atoms with Crippen LogP contribution in [0.1, 0.15) is 16.8 Å². The van der Waals surface area contributed by atoms with Crippen molar-refractivity contribution in [2.45, 2.75) is 6.42 Å². The Morgan fingerprint density at radius 2 is 2.44 bits per heavy atom. The molecule has 0 saturated carbocycles. The quantitative estimate of drug-likeness (QED) is 0.886. The van der Waals surface area contributed by atoms with E-state index in [-0.39, 0.29) is 11.7 Å². The van der Waals surface area contributed by atoms with Gasteiger partial charge in [0.05, 0.1) is 13.7 Å². The van der Waals surface area contributed by atoms with Gasteiger partial charge in [0, 0.05) is 24.6 Å². The van der Waals surface area contributed by atoms with E-state index in [1.54, 1.807) is 0 Å². The number of benzene rings is 1. The minimum Gasteiger partial charge on any atom is -0.494 e. The lowest BCUT2D eigenvalue weighted by Gasteiger charge is -2.10. The zero-order chi connectivity index (χ0) is 13.0. The molecule has 18 heavy (non-hydrogen) atoms. The van der Waals surface area contributed by atoms with Crippen LogP contribution < -0.4 is 10.1 Å². The van der Waals surface area contributed by atoms with Crippen LogP contribution in [-0.4, -0.2) is 32.8 Å². The second-order valence-electron chi connectivity index (χ2n) is 4.29. The first-order chi connectivity index (χ1) is 8.70. The molecule has 0 spiro atoms. The number of hydrogen-bond acceptors (Lipinski definition) is 3. The Morgan fingerprint density at radius 3 is 3.11 bits per heavy atom. The molecule has 1 N–H and O–H groups in total. The Morgan fingerprint density at radius 1 is 1.61 bits per heavy atom. The molecule has 0 aromatic heterocycles. The fourth-order valence-electron chi connectivity index (χ4n) is 1.88. The standard InChI is InChI=1S/C13H16FNO3/c1-17-12-6-10(2-3-11(12)14)13(16)15-7-9-4-5-18-8-9/h2-3,6,9H,4-5,7-8H2,1H3,(H,15,16)/t9-/m0/s1. The molecule has 1 fully saturated rings. The summed E-state index contributed by atoms with van der Waals surface area (Å²) in [7, 11) is 1.37. The lowest BCUT2D eigenvalue weighted by molar-refractivity contribution is 0.0944. The minimum atomic E-state index is -0.474. The molecule has 1 atom stereocenters. The molecule has 0 unspecified atom stereocenters. The summed E-state index contributed by atoms with van der Waals surface area (Å²) in [5.74, 6) is -0.249. The highest BCUT2D eigenvalue weighted by atomic mass is 19.1. The maximum atomic E-state index is 13.2. The smallest absolute Gasteiger partial charge is 0.251 e. The summed E-state index contributed by atoms with van der Waals surface area (Å²) in [6, 6.07) is 4.07. The SMILES string of the molecule is COc1cc(C(=O)NC[C@@H]2CCOC2)ccc1F. The molecule has 4 nitrogen and oxygen atoms in total. The number of methoxy groups -OCH3 is 1. The molecule has 2 rings (SSSR count).